The van der Waals surface area contributed by atoms with Gasteiger partial charge in [-0.15, -0.1) is 0 Å². The summed E-state index contributed by atoms with van der Waals surface area (Å²) in [5.74, 6) is 2.38. The molecule has 0 saturated heterocycles. The second-order valence-corrected chi connectivity index (χ2v) is 6.36. The Kier molecular flexibility index (Phi) is 4.59. The summed E-state index contributed by atoms with van der Waals surface area (Å²) < 4.78 is 12.0. The third-order valence-corrected chi connectivity index (χ3v) is 4.03. The molecular formula is C17H27NO2. The van der Waals surface area contributed by atoms with E-state index in [2.05, 4.69) is 39.1 Å². The Morgan fingerprint density at radius 1 is 1.45 bits per heavy atom. The number of hydrogen-bond donors (Lipinski definition) is 1. The molecule has 2 atom stereocenters. The van der Waals surface area contributed by atoms with E-state index < -0.39 is 0 Å². The lowest BCUT2D eigenvalue weighted by Crippen LogP contribution is -2.40. The minimum absolute atomic E-state index is 0.0999. The average Bonchev–Trinajstić information content (AvgIpc) is 2.43. The first-order valence-electron chi connectivity index (χ1n) is 7.60. The molecule has 0 fully saturated rings. The van der Waals surface area contributed by atoms with E-state index in [-0.39, 0.29) is 5.60 Å². The van der Waals surface area contributed by atoms with Crippen LogP contribution in [-0.2, 0) is 0 Å². The van der Waals surface area contributed by atoms with Gasteiger partial charge in [-0.3, -0.25) is 0 Å². The van der Waals surface area contributed by atoms with Crippen LogP contribution >= 0.6 is 0 Å². The zero-order valence-corrected chi connectivity index (χ0v) is 13.3. The molecule has 0 aromatic heterocycles. The Morgan fingerprint density at radius 2 is 2.20 bits per heavy atom. The van der Waals surface area contributed by atoms with Crippen molar-refractivity contribution < 1.29 is 9.47 Å². The van der Waals surface area contributed by atoms with Crippen LogP contribution in [-0.4, -0.2) is 19.3 Å². The Labute approximate surface area is 122 Å². The van der Waals surface area contributed by atoms with Crippen LogP contribution in [0.4, 0.5) is 0 Å². The summed E-state index contributed by atoms with van der Waals surface area (Å²) in [6.45, 7) is 9.40. The van der Waals surface area contributed by atoms with Crippen molar-refractivity contribution in [2.45, 2.75) is 52.2 Å². The van der Waals surface area contributed by atoms with Gasteiger partial charge in [0.2, 0.25) is 0 Å². The maximum atomic E-state index is 6.23. The molecule has 1 aliphatic heterocycles. The van der Waals surface area contributed by atoms with Gasteiger partial charge in [0.25, 0.3) is 0 Å². The second-order valence-electron chi connectivity index (χ2n) is 6.36. The highest BCUT2D eigenvalue weighted by atomic mass is 16.5. The molecule has 2 rings (SSSR count). The van der Waals surface area contributed by atoms with E-state index in [0.717, 1.165) is 30.9 Å². The fourth-order valence-corrected chi connectivity index (χ4v) is 2.57. The average molecular weight is 277 g/mol. The second kappa shape index (κ2) is 6.04. The molecule has 20 heavy (non-hydrogen) atoms. The van der Waals surface area contributed by atoms with Crippen LogP contribution in [0.5, 0.6) is 11.5 Å². The lowest BCUT2D eigenvalue weighted by Gasteiger charge is -2.39. The molecule has 1 aromatic rings. The first-order chi connectivity index (χ1) is 9.47. The standard InChI is InChI=1S/C17H27NO2/c1-6-17(4)10-15(18-5)14-8-7-13(9-16(14)20-17)19-11-12(2)3/h7-9,12,15,18H,6,10-11H2,1-5H3. The first kappa shape index (κ1) is 15.2. The first-order valence-corrected chi connectivity index (χ1v) is 7.60. The molecule has 0 saturated carbocycles. The van der Waals surface area contributed by atoms with E-state index in [0.29, 0.717) is 12.0 Å². The molecule has 112 valence electrons. The summed E-state index contributed by atoms with van der Waals surface area (Å²) in [6.07, 6.45) is 2.00. The van der Waals surface area contributed by atoms with Crippen molar-refractivity contribution in [2.75, 3.05) is 13.7 Å². The summed E-state index contributed by atoms with van der Waals surface area (Å²) in [4.78, 5) is 0. The summed E-state index contributed by atoms with van der Waals surface area (Å²) in [6, 6.07) is 6.56. The van der Waals surface area contributed by atoms with Crippen molar-refractivity contribution in [3.05, 3.63) is 23.8 Å². The van der Waals surface area contributed by atoms with Crippen LogP contribution < -0.4 is 14.8 Å². The lowest BCUT2D eigenvalue weighted by atomic mass is 9.87. The smallest absolute Gasteiger partial charge is 0.128 e. The monoisotopic (exact) mass is 277 g/mol. The highest BCUT2D eigenvalue weighted by Gasteiger charge is 2.35. The lowest BCUT2D eigenvalue weighted by molar-refractivity contribution is 0.0451. The molecule has 3 nitrogen and oxygen atoms in total. The molecule has 1 N–H and O–H groups in total. The molecule has 1 aromatic carbocycles. The van der Waals surface area contributed by atoms with E-state index in [1.165, 1.54) is 5.56 Å². The van der Waals surface area contributed by atoms with Gasteiger partial charge in [0.05, 0.1) is 6.61 Å². The molecule has 0 radical (unpaired) electrons. The third-order valence-electron chi connectivity index (χ3n) is 4.03. The van der Waals surface area contributed by atoms with Gasteiger partial charge in [-0.25, -0.2) is 0 Å². The van der Waals surface area contributed by atoms with Crippen molar-refractivity contribution in [1.82, 2.24) is 5.32 Å². The molecule has 0 aliphatic carbocycles. The van der Waals surface area contributed by atoms with Crippen molar-refractivity contribution in [1.29, 1.82) is 0 Å². The van der Waals surface area contributed by atoms with Crippen molar-refractivity contribution in [3.63, 3.8) is 0 Å². The van der Waals surface area contributed by atoms with Gasteiger partial charge in [0.15, 0.2) is 0 Å². The van der Waals surface area contributed by atoms with E-state index in [4.69, 9.17) is 9.47 Å². The van der Waals surface area contributed by atoms with Crippen molar-refractivity contribution in [2.24, 2.45) is 5.92 Å². The predicted octanol–water partition coefficient (Wildman–Crippen LogP) is 3.93. The molecule has 3 heteroatoms. The van der Waals surface area contributed by atoms with Crippen LogP contribution in [0.2, 0.25) is 0 Å². The van der Waals surface area contributed by atoms with Gasteiger partial charge in [0.1, 0.15) is 17.1 Å². The van der Waals surface area contributed by atoms with Gasteiger partial charge in [0, 0.05) is 24.1 Å². The van der Waals surface area contributed by atoms with Crippen LogP contribution in [0, 0.1) is 5.92 Å². The Bertz CT molecular complexity index is 458. The van der Waals surface area contributed by atoms with Gasteiger partial charge >= 0.3 is 0 Å². The van der Waals surface area contributed by atoms with Gasteiger partial charge < -0.3 is 14.8 Å². The van der Waals surface area contributed by atoms with Gasteiger partial charge in [-0.05, 0) is 32.4 Å². The SMILES string of the molecule is CCC1(C)CC(NC)c2ccc(OCC(C)C)cc2O1. The Balaban J connectivity index is 2.25. The summed E-state index contributed by atoms with van der Waals surface area (Å²) in [5, 5.41) is 3.40. The van der Waals surface area contributed by atoms with Crippen LogP contribution in [0.25, 0.3) is 0 Å². The zero-order valence-electron chi connectivity index (χ0n) is 13.3. The normalized spacial score (nSPS) is 25.2. The zero-order chi connectivity index (χ0) is 14.8. The maximum absolute atomic E-state index is 6.23. The molecule has 0 spiro atoms. The van der Waals surface area contributed by atoms with E-state index in [1.54, 1.807) is 0 Å². The number of fused-ring (bicyclic) bond motifs is 1. The Morgan fingerprint density at radius 3 is 2.80 bits per heavy atom. The molecule has 0 amide bonds. The molecule has 2 unspecified atom stereocenters. The van der Waals surface area contributed by atoms with Crippen LogP contribution in [0.15, 0.2) is 18.2 Å². The number of hydrogen-bond acceptors (Lipinski definition) is 3. The maximum Gasteiger partial charge on any atom is 0.128 e. The number of nitrogens with one attached hydrogen (secondary N) is 1. The van der Waals surface area contributed by atoms with Crippen LogP contribution in [0.1, 0.15) is 52.1 Å². The van der Waals surface area contributed by atoms with Gasteiger partial charge in [-0.1, -0.05) is 26.8 Å². The van der Waals surface area contributed by atoms with Crippen molar-refractivity contribution >= 4 is 0 Å². The minimum Gasteiger partial charge on any atom is -0.493 e. The number of rotatable bonds is 5. The van der Waals surface area contributed by atoms with E-state index in [1.807, 2.05) is 19.2 Å². The molecule has 1 heterocycles. The highest BCUT2D eigenvalue weighted by Crippen LogP contribution is 2.42. The predicted molar refractivity (Wildman–Crippen MR) is 82.5 cm³/mol. The van der Waals surface area contributed by atoms with Crippen LogP contribution in [0.3, 0.4) is 0 Å². The molecular weight excluding hydrogens is 250 g/mol. The van der Waals surface area contributed by atoms with E-state index in [9.17, 15) is 0 Å². The quantitative estimate of drug-likeness (QED) is 0.884. The number of ether oxygens (including phenoxy) is 2. The minimum atomic E-state index is -0.0999. The summed E-state index contributed by atoms with van der Waals surface area (Å²) in [5.41, 5.74) is 1.13. The van der Waals surface area contributed by atoms with Gasteiger partial charge in [-0.2, -0.15) is 0 Å². The largest absolute Gasteiger partial charge is 0.493 e. The fraction of sp³-hybridized carbons (Fsp3) is 0.647. The molecule has 0 bridgehead atoms. The molecule has 1 aliphatic rings. The highest BCUT2D eigenvalue weighted by molar-refractivity contribution is 5.44. The van der Waals surface area contributed by atoms with E-state index >= 15 is 0 Å². The topological polar surface area (TPSA) is 30.5 Å². The summed E-state index contributed by atoms with van der Waals surface area (Å²) >= 11 is 0. The van der Waals surface area contributed by atoms with Crippen molar-refractivity contribution in [3.8, 4) is 11.5 Å². The summed E-state index contributed by atoms with van der Waals surface area (Å²) in [7, 11) is 2.01. The number of benzene rings is 1. The Hall–Kier alpha value is -1.22. The third kappa shape index (κ3) is 3.26. The fourth-order valence-electron chi connectivity index (χ4n) is 2.57.